The van der Waals surface area contributed by atoms with Crippen molar-refractivity contribution < 1.29 is 5.11 Å². The number of aromatic hydroxyl groups is 1. The van der Waals surface area contributed by atoms with Crippen molar-refractivity contribution in [3.05, 3.63) is 23.0 Å². The van der Waals surface area contributed by atoms with Crippen molar-refractivity contribution >= 4 is 11.6 Å². The molecule has 3 nitrogen and oxygen atoms in total. The molecule has 3 N–H and O–H groups in total. The van der Waals surface area contributed by atoms with E-state index in [1.54, 1.807) is 6.20 Å². The highest BCUT2D eigenvalue weighted by atomic mass is 35.5. The lowest BCUT2D eigenvalue weighted by atomic mass is 10.2. The summed E-state index contributed by atoms with van der Waals surface area (Å²) in [6.45, 7) is 0.505. The molecule has 0 aliphatic carbocycles. The predicted molar refractivity (Wildman–Crippen MR) is 43.7 cm³/mol. The molecule has 0 radical (unpaired) electrons. The maximum atomic E-state index is 9.09. The largest absolute Gasteiger partial charge is 0.505 e. The first-order valence-corrected chi connectivity index (χ1v) is 3.65. The molecule has 0 fully saturated rings. The first kappa shape index (κ1) is 8.30. The molecule has 1 aromatic rings. The van der Waals surface area contributed by atoms with E-state index in [4.69, 9.17) is 22.4 Å². The molecule has 60 valence electrons. The van der Waals surface area contributed by atoms with Gasteiger partial charge in [-0.1, -0.05) is 11.6 Å². The monoisotopic (exact) mass is 172 g/mol. The molecule has 11 heavy (non-hydrogen) atoms. The minimum Gasteiger partial charge on any atom is -0.505 e. The molecule has 0 saturated carbocycles. The first-order chi connectivity index (χ1) is 5.25. The standard InChI is InChI=1S/C7H9ClN2O/c8-7-5(1-2-9)3-10-4-6(7)11/h3-4,11H,1-2,9H2. The average molecular weight is 173 g/mol. The van der Waals surface area contributed by atoms with Gasteiger partial charge in [0.2, 0.25) is 0 Å². The summed E-state index contributed by atoms with van der Waals surface area (Å²) in [5.74, 6) is 0.0117. The number of hydrogen-bond acceptors (Lipinski definition) is 3. The first-order valence-electron chi connectivity index (χ1n) is 3.27. The minimum absolute atomic E-state index is 0.0117. The topological polar surface area (TPSA) is 59.1 Å². The minimum atomic E-state index is 0.0117. The summed E-state index contributed by atoms with van der Waals surface area (Å²) in [5.41, 5.74) is 6.10. The van der Waals surface area contributed by atoms with E-state index in [1.807, 2.05) is 0 Å². The average Bonchev–Trinajstić information content (AvgIpc) is 1.99. The second-order valence-electron chi connectivity index (χ2n) is 2.17. The number of hydrogen-bond donors (Lipinski definition) is 2. The quantitative estimate of drug-likeness (QED) is 0.698. The van der Waals surface area contributed by atoms with E-state index in [1.165, 1.54) is 6.20 Å². The molecular weight excluding hydrogens is 164 g/mol. The van der Waals surface area contributed by atoms with Gasteiger partial charge in [-0.25, -0.2) is 0 Å². The van der Waals surface area contributed by atoms with Crippen LogP contribution in [0.4, 0.5) is 0 Å². The van der Waals surface area contributed by atoms with Crippen LogP contribution in [0.2, 0.25) is 5.02 Å². The number of nitrogens with two attached hydrogens (primary N) is 1. The summed E-state index contributed by atoms with van der Waals surface area (Å²) in [4.78, 5) is 3.77. The molecule has 0 unspecified atom stereocenters. The van der Waals surface area contributed by atoms with Crippen molar-refractivity contribution in [2.24, 2.45) is 5.73 Å². The summed E-state index contributed by atoms with van der Waals surface area (Å²) < 4.78 is 0. The highest BCUT2D eigenvalue weighted by Crippen LogP contribution is 2.25. The summed E-state index contributed by atoms with van der Waals surface area (Å²) in [7, 11) is 0. The number of aromatic nitrogens is 1. The third-order valence-electron chi connectivity index (χ3n) is 1.35. The fourth-order valence-electron chi connectivity index (χ4n) is 0.805. The predicted octanol–water partition coefficient (Wildman–Crippen LogP) is 0.942. The molecule has 1 heterocycles. The zero-order chi connectivity index (χ0) is 8.27. The maximum absolute atomic E-state index is 9.09. The molecule has 0 aliphatic rings. The molecular formula is C7H9ClN2O. The maximum Gasteiger partial charge on any atom is 0.152 e. The van der Waals surface area contributed by atoms with Crippen molar-refractivity contribution in [2.45, 2.75) is 6.42 Å². The zero-order valence-corrected chi connectivity index (χ0v) is 6.67. The van der Waals surface area contributed by atoms with Gasteiger partial charge in [-0.3, -0.25) is 4.98 Å². The van der Waals surface area contributed by atoms with Gasteiger partial charge in [0.1, 0.15) is 0 Å². The lowest BCUT2D eigenvalue weighted by Gasteiger charge is -2.01. The van der Waals surface area contributed by atoms with Gasteiger partial charge in [-0.15, -0.1) is 0 Å². The van der Waals surface area contributed by atoms with E-state index < -0.39 is 0 Å². The molecule has 0 aliphatic heterocycles. The van der Waals surface area contributed by atoms with Crippen molar-refractivity contribution in [2.75, 3.05) is 6.54 Å². The van der Waals surface area contributed by atoms with Crippen molar-refractivity contribution in [3.63, 3.8) is 0 Å². The van der Waals surface area contributed by atoms with Crippen molar-refractivity contribution in [1.82, 2.24) is 4.98 Å². The molecule has 0 amide bonds. The number of nitrogens with zero attached hydrogens (tertiary/aromatic N) is 1. The van der Waals surface area contributed by atoms with Crippen LogP contribution < -0.4 is 5.73 Å². The van der Waals surface area contributed by atoms with Crippen LogP contribution in [0.15, 0.2) is 12.4 Å². The van der Waals surface area contributed by atoms with E-state index in [0.717, 1.165) is 5.56 Å². The zero-order valence-electron chi connectivity index (χ0n) is 5.92. The molecule has 0 aromatic carbocycles. The van der Waals surface area contributed by atoms with Gasteiger partial charge in [-0.2, -0.15) is 0 Å². The fraction of sp³-hybridized carbons (Fsp3) is 0.286. The van der Waals surface area contributed by atoms with Crippen LogP contribution in [0, 0.1) is 0 Å². The van der Waals surface area contributed by atoms with Crippen molar-refractivity contribution in [1.29, 1.82) is 0 Å². The Morgan fingerprint density at radius 1 is 1.55 bits per heavy atom. The molecule has 1 rings (SSSR count). The van der Waals surface area contributed by atoms with E-state index >= 15 is 0 Å². The van der Waals surface area contributed by atoms with E-state index in [9.17, 15) is 0 Å². The number of rotatable bonds is 2. The fourth-order valence-corrected chi connectivity index (χ4v) is 0.998. The Morgan fingerprint density at radius 2 is 2.27 bits per heavy atom. The van der Waals surface area contributed by atoms with Crippen LogP contribution in [0.3, 0.4) is 0 Å². The Balaban J connectivity index is 2.96. The molecule has 0 saturated heterocycles. The van der Waals surface area contributed by atoms with E-state index in [0.29, 0.717) is 18.0 Å². The number of pyridine rings is 1. The molecule has 1 aromatic heterocycles. The molecule has 0 bridgehead atoms. The van der Waals surface area contributed by atoms with Gasteiger partial charge < -0.3 is 10.8 Å². The van der Waals surface area contributed by atoms with Gasteiger partial charge in [0, 0.05) is 6.20 Å². The summed E-state index contributed by atoms with van der Waals surface area (Å²) in [6, 6.07) is 0. The Labute approximate surface area is 69.8 Å². The van der Waals surface area contributed by atoms with Gasteiger partial charge in [0.05, 0.1) is 11.2 Å². The highest BCUT2D eigenvalue weighted by molar-refractivity contribution is 6.32. The van der Waals surface area contributed by atoms with Crippen LogP contribution in [-0.2, 0) is 6.42 Å². The van der Waals surface area contributed by atoms with E-state index in [2.05, 4.69) is 4.98 Å². The van der Waals surface area contributed by atoms with E-state index in [-0.39, 0.29) is 5.75 Å². The van der Waals surface area contributed by atoms with Gasteiger partial charge >= 0.3 is 0 Å². The van der Waals surface area contributed by atoms with Crippen molar-refractivity contribution in [3.8, 4) is 5.75 Å². The van der Waals surface area contributed by atoms with Crippen LogP contribution in [0.1, 0.15) is 5.56 Å². The second kappa shape index (κ2) is 3.55. The molecule has 4 heteroatoms. The summed E-state index contributed by atoms with van der Waals surface area (Å²) in [5, 5.41) is 9.44. The summed E-state index contributed by atoms with van der Waals surface area (Å²) in [6.07, 6.45) is 3.55. The SMILES string of the molecule is NCCc1cncc(O)c1Cl. The Morgan fingerprint density at radius 3 is 2.91 bits per heavy atom. The Bertz CT molecular complexity index is 252. The third-order valence-corrected chi connectivity index (χ3v) is 1.78. The van der Waals surface area contributed by atoms with Gasteiger partial charge in [0.25, 0.3) is 0 Å². The lowest BCUT2D eigenvalue weighted by Crippen LogP contribution is -2.03. The second-order valence-corrected chi connectivity index (χ2v) is 2.55. The lowest BCUT2D eigenvalue weighted by molar-refractivity contribution is 0.472. The Kier molecular flexibility index (Phi) is 2.68. The molecule has 0 spiro atoms. The van der Waals surface area contributed by atoms with Crippen LogP contribution >= 0.6 is 11.6 Å². The van der Waals surface area contributed by atoms with Crippen LogP contribution in [0.25, 0.3) is 0 Å². The molecule has 0 atom stereocenters. The number of halogens is 1. The van der Waals surface area contributed by atoms with Crippen LogP contribution in [0.5, 0.6) is 5.75 Å². The van der Waals surface area contributed by atoms with Gasteiger partial charge in [-0.05, 0) is 18.5 Å². The normalized spacial score (nSPS) is 10.0. The van der Waals surface area contributed by atoms with Gasteiger partial charge in [0.15, 0.2) is 5.75 Å². The third kappa shape index (κ3) is 1.82. The van der Waals surface area contributed by atoms with Crippen LogP contribution in [-0.4, -0.2) is 16.6 Å². The highest BCUT2D eigenvalue weighted by Gasteiger charge is 2.03. The smallest absolute Gasteiger partial charge is 0.152 e. The summed E-state index contributed by atoms with van der Waals surface area (Å²) >= 11 is 5.73. The Hall–Kier alpha value is -0.800.